The van der Waals surface area contributed by atoms with Gasteiger partial charge in [0.15, 0.2) is 5.82 Å². The Morgan fingerprint density at radius 1 is 1.10 bits per heavy atom. The van der Waals surface area contributed by atoms with Gasteiger partial charge >= 0.3 is 0 Å². The number of aryl methyl sites for hydroxylation is 1. The maximum Gasteiger partial charge on any atom is 0.252 e. The standard InChI is InChI=1S/C19H27N5O4S2/c25-18(23-8-2-1-3-9-23)7-6-17-20-16(21-28-17)15-22-10-12-24(13-11-22)30(26,27)19-5-4-14-29-19/h4-5,14H,1-3,6-13,15H2. The van der Waals surface area contributed by atoms with Crippen LogP contribution in [0.3, 0.4) is 0 Å². The van der Waals surface area contributed by atoms with Crippen LogP contribution in [-0.2, 0) is 27.8 Å². The Morgan fingerprint density at radius 3 is 2.57 bits per heavy atom. The van der Waals surface area contributed by atoms with E-state index in [0.29, 0.717) is 61.5 Å². The van der Waals surface area contributed by atoms with Crippen molar-refractivity contribution in [3.05, 3.63) is 29.2 Å². The summed E-state index contributed by atoms with van der Waals surface area (Å²) in [6.07, 6.45) is 4.21. The Hall–Kier alpha value is -1.82. The smallest absolute Gasteiger partial charge is 0.252 e. The molecule has 1 amide bonds. The van der Waals surface area contributed by atoms with Crippen molar-refractivity contribution in [1.82, 2.24) is 24.2 Å². The number of thiophene rings is 1. The van der Waals surface area contributed by atoms with E-state index in [1.165, 1.54) is 22.1 Å². The zero-order valence-electron chi connectivity index (χ0n) is 16.9. The summed E-state index contributed by atoms with van der Waals surface area (Å²) in [4.78, 5) is 20.7. The summed E-state index contributed by atoms with van der Waals surface area (Å²) in [7, 11) is -3.40. The Balaban J connectivity index is 1.23. The minimum atomic E-state index is -3.40. The summed E-state index contributed by atoms with van der Waals surface area (Å²) < 4.78 is 32.4. The molecule has 2 aromatic rings. The van der Waals surface area contributed by atoms with E-state index in [0.717, 1.165) is 25.9 Å². The molecule has 0 atom stereocenters. The number of carbonyl (C=O) groups excluding carboxylic acids is 1. The third-order valence-corrected chi connectivity index (χ3v) is 8.83. The second-order valence-corrected chi connectivity index (χ2v) is 10.8. The van der Waals surface area contributed by atoms with Crippen LogP contribution >= 0.6 is 11.3 Å². The maximum atomic E-state index is 12.6. The molecule has 2 fully saturated rings. The van der Waals surface area contributed by atoms with E-state index in [9.17, 15) is 13.2 Å². The Kier molecular flexibility index (Phi) is 6.81. The first-order valence-corrected chi connectivity index (χ1v) is 12.7. The lowest BCUT2D eigenvalue weighted by Gasteiger charge is -2.32. The molecule has 4 rings (SSSR count). The Morgan fingerprint density at radius 2 is 1.87 bits per heavy atom. The number of carbonyl (C=O) groups is 1. The van der Waals surface area contributed by atoms with Gasteiger partial charge in [0.05, 0.1) is 6.54 Å². The largest absolute Gasteiger partial charge is 0.343 e. The highest BCUT2D eigenvalue weighted by Crippen LogP contribution is 2.22. The highest BCUT2D eigenvalue weighted by atomic mass is 32.2. The number of hydrogen-bond donors (Lipinski definition) is 0. The van der Waals surface area contributed by atoms with Crippen LogP contribution in [0.1, 0.15) is 37.4 Å². The first kappa shape index (κ1) is 21.4. The topological polar surface area (TPSA) is 99.9 Å². The van der Waals surface area contributed by atoms with Crippen molar-refractivity contribution >= 4 is 27.3 Å². The average Bonchev–Trinajstić information content (AvgIpc) is 3.46. The molecule has 2 aromatic heterocycles. The fourth-order valence-electron chi connectivity index (χ4n) is 3.84. The van der Waals surface area contributed by atoms with Crippen LogP contribution in [0.15, 0.2) is 26.2 Å². The van der Waals surface area contributed by atoms with Crippen LogP contribution in [0.25, 0.3) is 0 Å². The quantitative estimate of drug-likeness (QED) is 0.627. The van der Waals surface area contributed by atoms with E-state index < -0.39 is 10.0 Å². The molecule has 2 aliphatic rings. The highest BCUT2D eigenvalue weighted by Gasteiger charge is 2.29. The lowest BCUT2D eigenvalue weighted by Crippen LogP contribution is -2.48. The predicted molar refractivity (Wildman–Crippen MR) is 111 cm³/mol. The Bertz CT molecular complexity index is 930. The van der Waals surface area contributed by atoms with Gasteiger partial charge in [-0.05, 0) is 30.7 Å². The molecule has 30 heavy (non-hydrogen) atoms. The summed E-state index contributed by atoms with van der Waals surface area (Å²) in [6.45, 7) is 4.31. The molecule has 0 saturated carbocycles. The van der Waals surface area contributed by atoms with Gasteiger partial charge in [-0.1, -0.05) is 11.2 Å². The Labute approximate surface area is 180 Å². The molecule has 2 saturated heterocycles. The van der Waals surface area contributed by atoms with Gasteiger partial charge < -0.3 is 9.42 Å². The molecular formula is C19H27N5O4S2. The minimum absolute atomic E-state index is 0.150. The summed E-state index contributed by atoms with van der Waals surface area (Å²) >= 11 is 1.24. The van der Waals surface area contributed by atoms with Gasteiger partial charge in [0.2, 0.25) is 11.8 Å². The van der Waals surface area contributed by atoms with E-state index in [2.05, 4.69) is 15.0 Å². The molecule has 2 aliphatic heterocycles. The molecule has 0 N–H and O–H groups in total. The number of hydrogen-bond acceptors (Lipinski definition) is 8. The summed E-state index contributed by atoms with van der Waals surface area (Å²) in [5.41, 5.74) is 0. The normalized spacial score (nSPS) is 19.3. The molecule has 0 unspecified atom stereocenters. The number of sulfonamides is 1. The van der Waals surface area contributed by atoms with Crippen LogP contribution < -0.4 is 0 Å². The van der Waals surface area contributed by atoms with Crippen molar-refractivity contribution in [1.29, 1.82) is 0 Å². The number of amides is 1. The predicted octanol–water partition coefficient (Wildman–Crippen LogP) is 1.58. The maximum absolute atomic E-state index is 12.6. The SMILES string of the molecule is O=C(CCc1nc(CN2CCN(S(=O)(=O)c3cccs3)CC2)no1)N1CCCCC1. The molecule has 11 heteroatoms. The highest BCUT2D eigenvalue weighted by molar-refractivity contribution is 7.91. The van der Waals surface area contributed by atoms with Gasteiger partial charge in [-0.25, -0.2) is 8.42 Å². The van der Waals surface area contributed by atoms with Crippen molar-refractivity contribution in [3.63, 3.8) is 0 Å². The number of piperazine rings is 1. The van der Waals surface area contributed by atoms with Crippen molar-refractivity contribution in [2.75, 3.05) is 39.3 Å². The number of aromatic nitrogens is 2. The van der Waals surface area contributed by atoms with E-state index >= 15 is 0 Å². The molecule has 0 bridgehead atoms. The van der Waals surface area contributed by atoms with Gasteiger partial charge in [0.25, 0.3) is 10.0 Å². The third-order valence-electron chi connectivity index (χ3n) is 5.56. The lowest BCUT2D eigenvalue weighted by molar-refractivity contribution is -0.132. The molecule has 164 valence electrons. The molecule has 4 heterocycles. The van der Waals surface area contributed by atoms with Crippen molar-refractivity contribution in [2.45, 2.75) is 42.9 Å². The number of piperidine rings is 1. The van der Waals surface area contributed by atoms with Crippen LogP contribution in [0.4, 0.5) is 0 Å². The second kappa shape index (κ2) is 9.54. The molecule has 9 nitrogen and oxygen atoms in total. The van der Waals surface area contributed by atoms with Gasteiger partial charge in [-0.3, -0.25) is 9.69 Å². The fraction of sp³-hybridized carbons (Fsp3) is 0.632. The van der Waals surface area contributed by atoms with Gasteiger partial charge in [0, 0.05) is 52.1 Å². The van der Waals surface area contributed by atoms with E-state index in [1.54, 1.807) is 17.5 Å². The minimum Gasteiger partial charge on any atom is -0.343 e. The summed E-state index contributed by atoms with van der Waals surface area (Å²) in [5, 5.41) is 5.80. The van der Waals surface area contributed by atoms with Crippen LogP contribution in [0, 0.1) is 0 Å². The van der Waals surface area contributed by atoms with E-state index in [1.807, 2.05) is 4.90 Å². The molecule has 0 aliphatic carbocycles. The second-order valence-electron chi connectivity index (χ2n) is 7.66. The number of likely N-dealkylation sites (tertiary alicyclic amines) is 1. The summed E-state index contributed by atoms with van der Waals surface area (Å²) in [6, 6.07) is 3.39. The van der Waals surface area contributed by atoms with Crippen molar-refractivity contribution in [3.8, 4) is 0 Å². The van der Waals surface area contributed by atoms with Gasteiger partial charge in [-0.15, -0.1) is 11.3 Å². The number of rotatable bonds is 7. The van der Waals surface area contributed by atoms with E-state index in [4.69, 9.17) is 4.52 Å². The monoisotopic (exact) mass is 453 g/mol. The van der Waals surface area contributed by atoms with Gasteiger partial charge in [0.1, 0.15) is 4.21 Å². The van der Waals surface area contributed by atoms with Crippen LogP contribution in [0.2, 0.25) is 0 Å². The van der Waals surface area contributed by atoms with Crippen LogP contribution in [0.5, 0.6) is 0 Å². The van der Waals surface area contributed by atoms with Crippen LogP contribution in [-0.4, -0.2) is 77.8 Å². The molecular weight excluding hydrogens is 426 g/mol. The number of nitrogens with zero attached hydrogens (tertiary/aromatic N) is 5. The molecule has 0 spiro atoms. The molecule has 0 radical (unpaired) electrons. The third kappa shape index (κ3) is 5.08. The van der Waals surface area contributed by atoms with Gasteiger partial charge in [-0.2, -0.15) is 9.29 Å². The molecule has 0 aromatic carbocycles. The van der Waals surface area contributed by atoms with E-state index in [-0.39, 0.29) is 5.91 Å². The average molecular weight is 454 g/mol. The zero-order chi connectivity index (χ0) is 21.0. The summed E-state index contributed by atoms with van der Waals surface area (Å²) in [5.74, 6) is 1.21. The lowest BCUT2D eigenvalue weighted by atomic mass is 10.1. The zero-order valence-corrected chi connectivity index (χ0v) is 18.5. The fourth-order valence-corrected chi connectivity index (χ4v) is 6.40. The first-order chi connectivity index (χ1) is 14.5. The van der Waals surface area contributed by atoms with Crippen molar-refractivity contribution in [2.24, 2.45) is 0 Å². The van der Waals surface area contributed by atoms with Crippen molar-refractivity contribution < 1.29 is 17.7 Å². The first-order valence-electron chi connectivity index (χ1n) is 10.4.